The smallest absolute Gasteiger partial charge is 0.135 e. The van der Waals surface area contributed by atoms with Crippen LogP contribution in [0.4, 0.5) is 4.39 Å². The summed E-state index contributed by atoms with van der Waals surface area (Å²) >= 11 is 1.50. The zero-order valence-corrected chi connectivity index (χ0v) is 16.3. The number of aryl methyl sites for hydroxylation is 1. The van der Waals surface area contributed by atoms with E-state index in [0.29, 0.717) is 17.9 Å². The second-order valence-electron chi connectivity index (χ2n) is 6.79. The average Bonchev–Trinajstić information content (AvgIpc) is 3.02. The van der Waals surface area contributed by atoms with Gasteiger partial charge in [-0.3, -0.25) is 0 Å². The minimum Gasteiger partial charge on any atom is -0.489 e. The van der Waals surface area contributed by atoms with E-state index >= 15 is 0 Å². The fourth-order valence-corrected chi connectivity index (χ4v) is 3.47. The Morgan fingerprint density at radius 2 is 1.89 bits per heavy atom. The van der Waals surface area contributed by atoms with Crippen LogP contribution in [0.15, 0.2) is 63.9 Å². The Hall–Kier alpha value is -2.53. The van der Waals surface area contributed by atoms with E-state index in [4.69, 9.17) is 9.15 Å². The summed E-state index contributed by atoms with van der Waals surface area (Å²) < 4.78 is 24.5. The van der Waals surface area contributed by atoms with E-state index in [0.717, 1.165) is 28.3 Å². The number of benzene rings is 2. The van der Waals surface area contributed by atoms with Gasteiger partial charge < -0.3 is 13.9 Å². The summed E-state index contributed by atoms with van der Waals surface area (Å²) in [6.45, 7) is 5.99. The quantitative estimate of drug-likeness (QED) is 0.368. The van der Waals surface area contributed by atoms with Crippen LogP contribution in [0.5, 0.6) is 5.75 Å². The maximum absolute atomic E-state index is 13.4. The molecule has 0 unspecified atom stereocenters. The molecule has 0 amide bonds. The number of rotatable bonds is 7. The second-order valence-corrected chi connectivity index (χ2v) is 8.51. The van der Waals surface area contributed by atoms with Crippen LogP contribution >= 0.6 is 11.8 Å². The lowest BCUT2D eigenvalue weighted by Gasteiger charge is -2.16. The molecule has 27 heavy (non-hydrogen) atoms. The van der Waals surface area contributed by atoms with Gasteiger partial charge in [0.1, 0.15) is 36.0 Å². The molecule has 0 atom stereocenters. The van der Waals surface area contributed by atoms with E-state index in [-0.39, 0.29) is 5.82 Å². The molecule has 0 aliphatic heterocycles. The first-order chi connectivity index (χ1) is 12.9. The molecule has 2 aromatic carbocycles. The van der Waals surface area contributed by atoms with Gasteiger partial charge in [-0.2, -0.15) is 0 Å². The van der Waals surface area contributed by atoms with Crippen molar-refractivity contribution in [2.24, 2.45) is 0 Å². The monoisotopic (exact) mass is 384 g/mol. The van der Waals surface area contributed by atoms with Crippen LogP contribution < -0.4 is 4.74 Å². The summed E-state index contributed by atoms with van der Waals surface area (Å²) in [6.07, 6.45) is 0.944. The van der Waals surface area contributed by atoms with Gasteiger partial charge in [0.15, 0.2) is 0 Å². The highest BCUT2D eigenvalue weighted by atomic mass is 32.2. The predicted octanol–water partition coefficient (Wildman–Crippen LogP) is 6.04. The van der Waals surface area contributed by atoms with E-state index in [1.807, 2.05) is 57.2 Å². The van der Waals surface area contributed by atoms with Crippen molar-refractivity contribution in [1.29, 1.82) is 0 Å². The molecular formula is C22H21FO3S. The second kappa shape index (κ2) is 8.01. The molecule has 5 heteroatoms. The van der Waals surface area contributed by atoms with Gasteiger partial charge >= 0.3 is 0 Å². The lowest BCUT2D eigenvalue weighted by molar-refractivity contribution is -0.109. The van der Waals surface area contributed by atoms with Gasteiger partial charge in [-0.15, -0.1) is 11.8 Å². The summed E-state index contributed by atoms with van der Waals surface area (Å²) in [6, 6.07) is 15.8. The third-order valence-electron chi connectivity index (χ3n) is 4.01. The van der Waals surface area contributed by atoms with Crippen molar-refractivity contribution >= 4 is 18.0 Å². The van der Waals surface area contributed by atoms with Crippen LogP contribution in [0.2, 0.25) is 0 Å². The lowest BCUT2D eigenvalue weighted by Crippen LogP contribution is -2.15. The zero-order chi connectivity index (χ0) is 19.4. The third-order valence-corrected chi connectivity index (χ3v) is 5.14. The molecule has 140 valence electrons. The molecule has 1 aromatic heterocycles. The van der Waals surface area contributed by atoms with Gasteiger partial charge in [0.2, 0.25) is 0 Å². The topological polar surface area (TPSA) is 39.4 Å². The molecule has 0 fully saturated rings. The molecule has 0 saturated carbocycles. The van der Waals surface area contributed by atoms with Crippen molar-refractivity contribution in [2.45, 2.75) is 37.0 Å². The first-order valence-corrected chi connectivity index (χ1v) is 9.41. The Morgan fingerprint density at radius 3 is 2.56 bits per heavy atom. The van der Waals surface area contributed by atoms with Crippen LogP contribution in [0, 0.1) is 12.7 Å². The van der Waals surface area contributed by atoms with Crippen LogP contribution in [0.3, 0.4) is 0 Å². The van der Waals surface area contributed by atoms with Crippen molar-refractivity contribution < 1.29 is 18.3 Å². The van der Waals surface area contributed by atoms with Crippen molar-refractivity contribution in [2.75, 3.05) is 0 Å². The van der Waals surface area contributed by atoms with E-state index in [9.17, 15) is 9.18 Å². The number of carbonyl (C=O) groups is 1. The predicted molar refractivity (Wildman–Crippen MR) is 106 cm³/mol. The number of thioether (sulfide) groups is 1. The first-order valence-electron chi connectivity index (χ1n) is 8.60. The standard InChI is InChI=1S/C22H21FO3S/c1-15-17(12-21(26-15)16-5-4-6-18(23)11-16)13-25-19-7-9-20(10-8-19)27-22(2,3)14-24/h4-12,14H,13H2,1-3H3. The van der Waals surface area contributed by atoms with Crippen LogP contribution in [-0.4, -0.2) is 11.0 Å². The molecular weight excluding hydrogens is 363 g/mol. The minimum atomic E-state index is -0.455. The van der Waals surface area contributed by atoms with Gasteiger partial charge in [0, 0.05) is 16.0 Å². The van der Waals surface area contributed by atoms with Gasteiger partial charge in [-0.1, -0.05) is 12.1 Å². The van der Waals surface area contributed by atoms with Gasteiger partial charge in [0.25, 0.3) is 0 Å². The zero-order valence-electron chi connectivity index (χ0n) is 15.5. The van der Waals surface area contributed by atoms with Crippen molar-refractivity contribution in [3.05, 3.63) is 71.7 Å². The number of ether oxygens (including phenoxy) is 1. The SMILES string of the molecule is Cc1oc(-c2cccc(F)c2)cc1COc1ccc(SC(C)(C)C=O)cc1. The fourth-order valence-electron chi connectivity index (χ4n) is 2.54. The maximum atomic E-state index is 13.4. The highest BCUT2D eigenvalue weighted by Gasteiger charge is 2.18. The highest BCUT2D eigenvalue weighted by molar-refractivity contribution is 8.01. The molecule has 0 aliphatic rings. The van der Waals surface area contributed by atoms with E-state index < -0.39 is 4.75 Å². The molecule has 0 bridgehead atoms. The summed E-state index contributed by atoms with van der Waals surface area (Å²) in [5, 5.41) is 0. The van der Waals surface area contributed by atoms with Crippen molar-refractivity contribution in [3.8, 4) is 17.1 Å². The maximum Gasteiger partial charge on any atom is 0.135 e. The average molecular weight is 384 g/mol. The normalized spacial score (nSPS) is 11.4. The van der Waals surface area contributed by atoms with Crippen molar-refractivity contribution in [1.82, 2.24) is 0 Å². The number of carbonyl (C=O) groups excluding carboxylic acids is 1. The molecule has 3 aromatic rings. The van der Waals surface area contributed by atoms with Crippen LogP contribution in [-0.2, 0) is 11.4 Å². The number of halogens is 1. The lowest BCUT2D eigenvalue weighted by atomic mass is 10.1. The summed E-state index contributed by atoms with van der Waals surface area (Å²) in [5.74, 6) is 1.80. The number of furan rings is 1. The molecule has 1 heterocycles. The minimum absolute atomic E-state index is 0.296. The molecule has 0 aliphatic carbocycles. The molecule has 0 spiro atoms. The summed E-state index contributed by atoms with van der Waals surface area (Å²) in [5.41, 5.74) is 1.61. The fraction of sp³-hybridized carbons (Fsp3) is 0.227. The highest BCUT2D eigenvalue weighted by Crippen LogP contribution is 2.32. The Labute approximate surface area is 162 Å². The Bertz CT molecular complexity index is 929. The third kappa shape index (κ3) is 5.01. The molecule has 0 saturated heterocycles. The molecule has 0 N–H and O–H groups in total. The van der Waals surface area contributed by atoms with Crippen molar-refractivity contribution in [3.63, 3.8) is 0 Å². The Kier molecular flexibility index (Phi) is 5.71. The number of aldehydes is 1. The van der Waals surface area contributed by atoms with E-state index in [1.165, 1.54) is 23.9 Å². The van der Waals surface area contributed by atoms with Gasteiger partial charge in [0.05, 0.1) is 4.75 Å². The van der Waals surface area contributed by atoms with Gasteiger partial charge in [-0.05, 0) is 63.2 Å². The van der Waals surface area contributed by atoms with E-state index in [1.54, 1.807) is 6.07 Å². The van der Waals surface area contributed by atoms with Crippen LogP contribution in [0.25, 0.3) is 11.3 Å². The Balaban J connectivity index is 1.66. The van der Waals surface area contributed by atoms with E-state index in [2.05, 4.69) is 0 Å². The molecule has 0 radical (unpaired) electrons. The summed E-state index contributed by atoms with van der Waals surface area (Å²) in [4.78, 5) is 12.0. The van der Waals surface area contributed by atoms with Crippen LogP contribution in [0.1, 0.15) is 25.2 Å². The number of hydrogen-bond donors (Lipinski definition) is 0. The molecule has 3 nitrogen and oxygen atoms in total. The summed E-state index contributed by atoms with van der Waals surface area (Å²) in [7, 11) is 0. The first kappa shape index (κ1) is 19.2. The van der Waals surface area contributed by atoms with Gasteiger partial charge in [-0.25, -0.2) is 4.39 Å². The largest absolute Gasteiger partial charge is 0.489 e. The number of hydrogen-bond acceptors (Lipinski definition) is 4. The Morgan fingerprint density at radius 1 is 1.15 bits per heavy atom. The molecule has 3 rings (SSSR count).